The molecule has 1 N–H and O–H groups in total. The fraction of sp³-hybridized carbons (Fsp3) is 0.500. The van der Waals surface area contributed by atoms with Gasteiger partial charge < -0.3 is 28.8 Å². The van der Waals surface area contributed by atoms with Crippen LogP contribution in [0.3, 0.4) is 0 Å². The average molecular weight is 364 g/mol. The second kappa shape index (κ2) is 8.85. The van der Waals surface area contributed by atoms with Gasteiger partial charge in [0.15, 0.2) is 11.5 Å². The highest BCUT2D eigenvalue weighted by Gasteiger charge is 2.26. The lowest BCUT2D eigenvalue weighted by atomic mass is 9.96. The van der Waals surface area contributed by atoms with Crippen LogP contribution >= 0.6 is 0 Å². The number of aliphatic hydroxyl groups excluding tert-OH is 1. The number of ether oxygens (including phenoxy) is 5. The molecule has 0 heterocycles. The Bertz CT molecular complexity index is 756. The minimum atomic E-state index is -0.666. The van der Waals surface area contributed by atoms with E-state index in [0.717, 1.165) is 12.8 Å². The van der Waals surface area contributed by atoms with Crippen molar-refractivity contribution in [2.24, 2.45) is 0 Å². The summed E-state index contributed by atoms with van der Waals surface area (Å²) in [5, 5.41) is 12.1. The van der Waals surface area contributed by atoms with Gasteiger partial charge in [-0.1, -0.05) is 19.8 Å². The highest BCUT2D eigenvalue weighted by molar-refractivity contribution is 6.04. The molecule has 0 aliphatic heterocycles. The van der Waals surface area contributed by atoms with Crippen LogP contribution in [-0.4, -0.2) is 40.7 Å². The summed E-state index contributed by atoms with van der Waals surface area (Å²) >= 11 is 0. The molecular weight excluding hydrogens is 336 g/mol. The first-order chi connectivity index (χ1) is 12.6. The molecule has 0 saturated carbocycles. The molecule has 2 aromatic carbocycles. The summed E-state index contributed by atoms with van der Waals surface area (Å²) in [4.78, 5) is 0. The third kappa shape index (κ3) is 3.46. The first-order valence-corrected chi connectivity index (χ1v) is 8.63. The first-order valence-electron chi connectivity index (χ1n) is 8.63. The molecule has 0 spiro atoms. The number of hydrogen-bond acceptors (Lipinski definition) is 6. The van der Waals surface area contributed by atoms with Crippen molar-refractivity contribution in [2.45, 2.75) is 32.3 Å². The van der Waals surface area contributed by atoms with Crippen LogP contribution in [0.1, 0.15) is 37.9 Å². The zero-order valence-corrected chi connectivity index (χ0v) is 16.3. The van der Waals surface area contributed by atoms with E-state index in [1.54, 1.807) is 47.7 Å². The molecule has 1 atom stereocenters. The molecular formula is C20H28O6. The third-order valence-corrected chi connectivity index (χ3v) is 4.49. The van der Waals surface area contributed by atoms with Gasteiger partial charge in [-0.15, -0.1) is 0 Å². The molecule has 0 fully saturated rings. The van der Waals surface area contributed by atoms with Crippen LogP contribution in [-0.2, 0) is 0 Å². The van der Waals surface area contributed by atoms with Crippen molar-refractivity contribution in [2.75, 3.05) is 35.5 Å². The summed E-state index contributed by atoms with van der Waals surface area (Å²) in [5.41, 5.74) is 0.663. The van der Waals surface area contributed by atoms with Crippen LogP contribution in [0, 0.1) is 0 Å². The van der Waals surface area contributed by atoms with E-state index in [-0.39, 0.29) is 0 Å². The number of aliphatic hydroxyl groups is 1. The van der Waals surface area contributed by atoms with Crippen molar-refractivity contribution in [3.8, 4) is 28.7 Å². The van der Waals surface area contributed by atoms with Crippen LogP contribution in [0.25, 0.3) is 10.8 Å². The first kappa shape index (κ1) is 20.0. The molecule has 0 aliphatic carbocycles. The van der Waals surface area contributed by atoms with Gasteiger partial charge in [0.05, 0.1) is 52.4 Å². The fourth-order valence-electron chi connectivity index (χ4n) is 3.20. The van der Waals surface area contributed by atoms with E-state index in [2.05, 4.69) is 6.92 Å². The molecule has 1 unspecified atom stereocenters. The van der Waals surface area contributed by atoms with Gasteiger partial charge in [0, 0.05) is 11.6 Å². The second-order valence-corrected chi connectivity index (χ2v) is 5.92. The minimum Gasteiger partial charge on any atom is -0.496 e. The van der Waals surface area contributed by atoms with E-state index < -0.39 is 6.10 Å². The normalized spacial score (nSPS) is 12.0. The maximum atomic E-state index is 10.7. The van der Waals surface area contributed by atoms with E-state index in [0.29, 0.717) is 51.5 Å². The predicted octanol–water partition coefficient (Wildman–Crippen LogP) is 4.11. The Morgan fingerprint density at radius 3 is 1.81 bits per heavy atom. The minimum absolute atomic E-state index is 0.521. The molecule has 2 aromatic rings. The summed E-state index contributed by atoms with van der Waals surface area (Å²) in [5.74, 6) is 2.70. The number of benzene rings is 2. The van der Waals surface area contributed by atoms with E-state index in [1.807, 2.05) is 0 Å². The average Bonchev–Trinajstić information content (AvgIpc) is 2.68. The highest BCUT2D eigenvalue weighted by Crippen LogP contribution is 2.51. The Labute approximate surface area is 154 Å². The van der Waals surface area contributed by atoms with E-state index in [1.165, 1.54) is 0 Å². The van der Waals surface area contributed by atoms with Crippen LogP contribution in [0.5, 0.6) is 28.7 Å². The number of methoxy groups -OCH3 is 5. The SMILES string of the molecule is CCCCC(O)c1cc(OC)c2c(OC)c(OC)cc(OC)c2c1OC. The summed E-state index contributed by atoms with van der Waals surface area (Å²) in [6, 6.07) is 3.54. The molecule has 0 aromatic heterocycles. The van der Waals surface area contributed by atoms with Crippen molar-refractivity contribution >= 4 is 10.8 Å². The van der Waals surface area contributed by atoms with Gasteiger partial charge in [-0.2, -0.15) is 0 Å². The number of unbranched alkanes of at least 4 members (excludes halogenated alkanes) is 1. The van der Waals surface area contributed by atoms with Gasteiger partial charge >= 0.3 is 0 Å². The second-order valence-electron chi connectivity index (χ2n) is 5.92. The van der Waals surface area contributed by atoms with Crippen molar-refractivity contribution < 1.29 is 28.8 Å². The molecule has 2 rings (SSSR count). The monoisotopic (exact) mass is 364 g/mol. The lowest BCUT2D eigenvalue weighted by Crippen LogP contribution is -2.05. The molecule has 0 bridgehead atoms. The Morgan fingerprint density at radius 2 is 1.31 bits per heavy atom. The van der Waals surface area contributed by atoms with Crippen LogP contribution in [0.4, 0.5) is 0 Å². The number of fused-ring (bicyclic) bond motifs is 1. The van der Waals surface area contributed by atoms with Gasteiger partial charge in [0.1, 0.15) is 17.2 Å². The Morgan fingerprint density at radius 1 is 0.769 bits per heavy atom. The Hall–Kier alpha value is -2.34. The summed E-state index contributed by atoms with van der Waals surface area (Å²) in [6.07, 6.45) is 1.88. The number of hydrogen-bond donors (Lipinski definition) is 1. The van der Waals surface area contributed by atoms with Gasteiger partial charge in [0.25, 0.3) is 0 Å². The third-order valence-electron chi connectivity index (χ3n) is 4.49. The maximum absolute atomic E-state index is 10.7. The van der Waals surface area contributed by atoms with Gasteiger partial charge in [-0.25, -0.2) is 0 Å². The van der Waals surface area contributed by atoms with Crippen molar-refractivity contribution in [1.82, 2.24) is 0 Å². The van der Waals surface area contributed by atoms with E-state index in [4.69, 9.17) is 23.7 Å². The quantitative estimate of drug-likeness (QED) is 0.722. The molecule has 0 amide bonds. The topological polar surface area (TPSA) is 66.4 Å². The predicted molar refractivity (Wildman–Crippen MR) is 101 cm³/mol. The van der Waals surface area contributed by atoms with Crippen molar-refractivity contribution in [1.29, 1.82) is 0 Å². The Kier molecular flexibility index (Phi) is 6.80. The van der Waals surface area contributed by atoms with Crippen LogP contribution in [0.15, 0.2) is 12.1 Å². The zero-order chi connectivity index (χ0) is 19.3. The van der Waals surface area contributed by atoms with Crippen LogP contribution in [0.2, 0.25) is 0 Å². The Balaban J connectivity index is 2.91. The molecule has 26 heavy (non-hydrogen) atoms. The fourth-order valence-corrected chi connectivity index (χ4v) is 3.20. The summed E-state index contributed by atoms with van der Waals surface area (Å²) in [6.45, 7) is 2.09. The molecule has 0 saturated heterocycles. The van der Waals surface area contributed by atoms with Gasteiger partial charge in [0.2, 0.25) is 0 Å². The smallest absolute Gasteiger partial charge is 0.172 e. The zero-order valence-electron chi connectivity index (χ0n) is 16.3. The van der Waals surface area contributed by atoms with Gasteiger partial charge in [-0.3, -0.25) is 0 Å². The molecule has 144 valence electrons. The molecule has 0 radical (unpaired) electrons. The maximum Gasteiger partial charge on any atom is 0.172 e. The van der Waals surface area contributed by atoms with Gasteiger partial charge in [-0.05, 0) is 12.5 Å². The summed E-state index contributed by atoms with van der Waals surface area (Å²) in [7, 11) is 7.87. The van der Waals surface area contributed by atoms with E-state index >= 15 is 0 Å². The molecule has 0 aliphatic rings. The van der Waals surface area contributed by atoms with Crippen molar-refractivity contribution in [3.05, 3.63) is 17.7 Å². The van der Waals surface area contributed by atoms with E-state index in [9.17, 15) is 5.11 Å². The lowest BCUT2D eigenvalue weighted by molar-refractivity contribution is 0.160. The van der Waals surface area contributed by atoms with Crippen LogP contribution < -0.4 is 23.7 Å². The highest BCUT2D eigenvalue weighted by atomic mass is 16.5. The van der Waals surface area contributed by atoms with Crippen molar-refractivity contribution in [3.63, 3.8) is 0 Å². The molecule has 6 heteroatoms. The lowest BCUT2D eigenvalue weighted by Gasteiger charge is -2.22. The summed E-state index contributed by atoms with van der Waals surface area (Å²) < 4.78 is 27.9. The standard InChI is InChI=1S/C20H28O6/c1-7-8-9-13(21)12-10-14(22-2)18-17(19(12)25-5)15(23-3)11-16(24-4)20(18)26-6/h10-11,13,21H,7-9H2,1-6H3. The number of rotatable bonds is 9. The molecule has 6 nitrogen and oxygen atoms in total. The largest absolute Gasteiger partial charge is 0.496 e.